The van der Waals surface area contributed by atoms with E-state index in [1.54, 1.807) is 18.3 Å². The van der Waals surface area contributed by atoms with Crippen LogP contribution in [0.25, 0.3) is 0 Å². The first-order valence-corrected chi connectivity index (χ1v) is 6.60. The summed E-state index contributed by atoms with van der Waals surface area (Å²) >= 11 is 0. The Morgan fingerprint density at radius 2 is 2.05 bits per heavy atom. The summed E-state index contributed by atoms with van der Waals surface area (Å²) in [7, 11) is 1.37. The number of hydrogen-bond acceptors (Lipinski definition) is 4. The van der Waals surface area contributed by atoms with Crippen LogP contribution in [0, 0.1) is 0 Å². The van der Waals surface area contributed by atoms with E-state index in [2.05, 4.69) is 29.4 Å². The molecule has 2 aromatic rings. The van der Waals surface area contributed by atoms with Gasteiger partial charge in [-0.3, -0.25) is 0 Å². The zero-order valence-corrected chi connectivity index (χ0v) is 11.7. The zero-order valence-electron chi connectivity index (χ0n) is 11.7. The highest BCUT2D eigenvalue weighted by molar-refractivity contribution is 5.89. The van der Waals surface area contributed by atoms with E-state index in [0.717, 1.165) is 6.42 Å². The summed E-state index contributed by atoms with van der Waals surface area (Å²) in [5, 5.41) is 3.35. The lowest BCUT2D eigenvalue weighted by molar-refractivity contribution is 0.0600. The molecule has 4 heteroatoms. The molecule has 1 N–H and O–H groups in total. The van der Waals surface area contributed by atoms with Crippen molar-refractivity contribution < 1.29 is 9.53 Å². The van der Waals surface area contributed by atoms with Crippen LogP contribution in [-0.4, -0.2) is 18.1 Å². The van der Waals surface area contributed by atoms with Gasteiger partial charge in [-0.15, -0.1) is 0 Å². The lowest BCUT2D eigenvalue weighted by atomic mass is 10.0. The van der Waals surface area contributed by atoms with E-state index in [9.17, 15) is 4.79 Å². The summed E-state index contributed by atoms with van der Waals surface area (Å²) in [6.07, 6.45) is 2.53. The van der Waals surface area contributed by atoms with Crippen molar-refractivity contribution in [2.45, 2.75) is 19.4 Å². The average molecular weight is 270 g/mol. The molecule has 1 aromatic carbocycles. The van der Waals surface area contributed by atoms with E-state index in [1.165, 1.54) is 12.7 Å². The quantitative estimate of drug-likeness (QED) is 0.846. The molecule has 0 bridgehead atoms. The van der Waals surface area contributed by atoms with Gasteiger partial charge in [0.25, 0.3) is 0 Å². The van der Waals surface area contributed by atoms with Crippen LogP contribution in [0.2, 0.25) is 0 Å². The average Bonchev–Trinajstić information content (AvgIpc) is 2.53. The van der Waals surface area contributed by atoms with Crippen LogP contribution in [0.3, 0.4) is 0 Å². The largest absolute Gasteiger partial charge is 0.465 e. The van der Waals surface area contributed by atoms with Gasteiger partial charge in [-0.25, -0.2) is 9.78 Å². The smallest absolute Gasteiger partial charge is 0.338 e. The first-order valence-electron chi connectivity index (χ1n) is 6.60. The first kappa shape index (κ1) is 14.1. The monoisotopic (exact) mass is 270 g/mol. The molecule has 2 rings (SSSR count). The molecule has 1 heterocycles. The molecule has 104 valence electrons. The van der Waals surface area contributed by atoms with Crippen LogP contribution in [0.5, 0.6) is 0 Å². The standard InChI is InChI=1S/C16H18N2O2/c1-3-14(12-7-5-4-6-8-12)18-15-11-13(9-10-17-15)16(19)20-2/h4-11,14H,3H2,1-2H3,(H,17,18). The number of nitrogens with one attached hydrogen (secondary N) is 1. The number of hydrogen-bond donors (Lipinski definition) is 1. The van der Waals surface area contributed by atoms with E-state index in [4.69, 9.17) is 4.74 Å². The number of pyridine rings is 1. The molecule has 1 unspecified atom stereocenters. The van der Waals surface area contributed by atoms with Crippen molar-refractivity contribution in [3.63, 3.8) is 0 Å². The van der Waals surface area contributed by atoms with Gasteiger partial charge in [0, 0.05) is 6.20 Å². The minimum Gasteiger partial charge on any atom is -0.465 e. The summed E-state index contributed by atoms with van der Waals surface area (Å²) in [6, 6.07) is 13.7. The number of methoxy groups -OCH3 is 1. The van der Waals surface area contributed by atoms with Gasteiger partial charge in [0.05, 0.1) is 18.7 Å². The molecular weight excluding hydrogens is 252 g/mol. The van der Waals surface area contributed by atoms with Gasteiger partial charge >= 0.3 is 5.97 Å². The maximum absolute atomic E-state index is 11.5. The fourth-order valence-electron chi connectivity index (χ4n) is 2.04. The molecule has 0 radical (unpaired) electrons. The fourth-order valence-corrected chi connectivity index (χ4v) is 2.04. The number of carbonyl (C=O) groups excluding carboxylic acids is 1. The van der Waals surface area contributed by atoms with Gasteiger partial charge in [-0.2, -0.15) is 0 Å². The van der Waals surface area contributed by atoms with Gasteiger partial charge in [-0.05, 0) is 24.1 Å². The van der Waals surface area contributed by atoms with Gasteiger partial charge < -0.3 is 10.1 Å². The van der Waals surface area contributed by atoms with Crippen molar-refractivity contribution in [1.82, 2.24) is 4.98 Å². The number of anilines is 1. The number of rotatable bonds is 5. The van der Waals surface area contributed by atoms with Crippen LogP contribution in [0.4, 0.5) is 5.82 Å². The number of esters is 1. The molecule has 0 spiro atoms. The second-order valence-electron chi connectivity index (χ2n) is 4.44. The van der Waals surface area contributed by atoms with E-state index in [0.29, 0.717) is 11.4 Å². The first-order chi connectivity index (χ1) is 9.74. The second-order valence-corrected chi connectivity index (χ2v) is 4.44. The summed E-state index contributed by atoms with van der Waals surface area (Å²) in [4.78, 5) is 15.8. The Bertz CT molecular complexity index is 570. The Hall–Kier alpha value is -2.36. The number of ether oxygens (including phenoxy) is 1. The number of benzene rings is 1. The molecule has 0 aliphatic carbocycles. The Morgan fingerprint density at radius 1 is 1.30 bits per heavy atom. The van der Waals surface area contributed by atoms with Crippen molar-refractivity contribution in [2.24, 2.45) is 0 Å². The molecule has 0 saturated heterocycles. The Morgan fingerprint density at radius 3 is 2.70 bits per heavy atom. The second kappa shape index (κ2) is 6.70. The van der Waals surface area contributed by atoms with Crippen LogP contribution in [0.15, 0.2) is 48.7 Å². The van der Waals surface area contributed by atoms with E-state index >= 15 is 0 Å². The topological polar surface area (TPSA) is 51.2 Å². The van der Waals surface area contributed by atoms with Crippen LogP contribution < -0.4 is 5.32 Å². The minimum absolute atomic E-state index is 0.164. The maximum atomic E-state index is 11.5. The van der Waals surface area contributed by atoms with Crippen molar-refractivity contribution in [3.05, 3.63) is 59.8 Å². The molecule has 20 heavy (non-hydrogen) atoms. The van der Waals surface area contributed by atoms with Crippen molar-refractivity contribution in [1.29, 1.82) is 0 Å². The van der Waals surface area contributed by atoms with Gasteiger partial charge in [0.2, 0.25) is 0 Å². The van der Waals surface area contributed by atoms with Gasteiger partial charge in [-0.1, -0.05) is 37.3 Å². The summed E-state index contributed by atoms with van der Waals surface area (Å²) in [6.45, 7) is 2.11. The number of nitrogens with zero attached hydrogens (tertiary/aromatic N) is 1. The highest BCUT2D eigenvalue weighted by atomic mass is 16.5. The van der Waals surface area contributed by atoms with Gasteiger partial charge in [0.15, 0.2) is 0 Å². The summed E-state index contributed by atoms with van der Waals surface area (Å²) < 4.78 is 4.71. The maximum Gasteiger partial charge on any atom is 0.338 e. The molecule has 0 saturated carbocycles. The van der Waals surface area contributed by atoms with Crippen molar-refractivity contribution in [2.75, 3.05) is 12.4 Å². The van der Waals surface area contributed by atoms with E-state index in [1.807, 2.05) is 18.2 Å². The molecule has 1 aromatic heterocycles. The summed E-state index contributed by atoms with van der Waals surface area (Å²) in [5.74, 6) is 0.312. The predicted molar refractivity (Wildman–Crippen MR) is 78.7 cm³/mol. The Balaban J connectivity index is 2.18. The van der Waals surface area contributed by atoms with E-state index < -0.39 is 0 Å². The van der Waals surface area contributed by atoms with Gasteiger partial charge in [0.1, 0.15) is 5.82 Å². The van der Waals surface area contributed by atoms with Crippen molar-refractivity contribution in [3.8, 4) is 0 Å². The Kier molecular flexibility index (Phi) is 4.71. The molecular formula is C16H18N2O2. The Labute approximate surface area is 118 Å². The number of carbonyl (C=O) groups is 1. The molecule has 0 aliphatic heterocycles. The normalized spacial score (nSPS) is 11.7. The molecule has 4 nitrogen and oxygen atoms in total. The zero-order chi connectivity index (χ0) is 14.4. The van der Waals surface area contributed by atoms with Crippen LogP contribution >= 0.6 is 0 Å². The van der Waals surface area contributed by atoms with Crippen LogP contribution in [-0.2, 0) is 4.74 Å². The minimum atomic E-state index is -0.358. The molecule has 0 aliphatic rings. The lowest BCUT2D eigenvalue weighted by Gasteiger charge is -2.18. The third kappa shape index (κ3) is 3.35. The third-order valence-corrected chi connectivity index (χ3v) is 3.11. The highest BCUT2D eigenvalue weighted by Crippen LogP contribution is 2.21. The van der Waals surface area contributed by atoms with Crippen molar-refractivity contribution >= 4 is 11.8 Å². The SMILES string of the molecule is CCC(Nc1cc(C(=O)OC)ccn1)c1ccccc1. The van der Waals surface area contributed by atoms with E-state index in [-0.39, 0.29) is 12.0 Å². The molecule has 0 amide bonds. The van der Waals surface area contributed by atoms with Crippen LogP contribution in [0.1, 0.15) is 35.3 Å². The highest BCUT2D eigenvalue weighted by Gasteiger charge is 2.11. The predicted octanol–water partition coefficient (Wildman–Crippen LogP) is 3.43. The summed E-state index contributed by atoms with van der Waals surface area (Å²) in [5.41, 5.74) is 1.69. The molecule has 0 fully saturated rings. The lowest BCUT2D eigenvalue weighted by Crippen LogP contribution is -2.11. The number of aromatic nitrogens is 1. The molecule has 1 atom stereocenters. The fraction of sp³-hybridized carbons (Fsp3) is 0.250. The third-order valence-electron chi connectivity index (χ3n) is 3.11.